The van der Waals surface area contributed by atoms with Gasteiger partial charge >= 0.3 is 0 Å². The number of carbonyl (C=O) groups excluding carboxylic acids is 1. The first-order valence-corrected chi connectivity index (χ1v) is 4.83. The van der Waals surface area contributed by atoms with E-state index in [1.54, 1.807) is 13.3 Å². The number of Topliss-reactive ketones (excluding diaryl/α,β-unsaturated/α-hetero) is 1. The van der Waals surface area contributed by atoms with Crippen molar-refractivity contribution in [3.8, 4) is 5.69 Å². The lowest BCUT2D eigenvalue weighted by Crippen LogP contribution is -1.96. The van der Waals surface area contributed by atoms with Gasteiger partial charge in [0.05, 0.1) is 12.0 Å². The molecule has 0 unspecified atom stereocenters. The van der Waals surface area contributed by atoms with Gasteiger partial charge in [-0.2, -0.15) is 0 Å². The third-order valence-corrected chi connectivity index (χ3v) is 2.12. The normalized spacial score (nSPS) is 10.2. The number of rotatable bonds is 3. The molecule has 0 amide bonds. The summed E-state index contributed by atoms with van der Waals surface area (Å²) in [5, 5.41) is 0. The van der Waals surface area contributed by atoms with Crippen LogP contribution in [0.25, 0.3) is 5.69 Å². The van der Waals surface area contributed by atoms with Gasteiger partial charge in [0.2, 0.25) is 0 Å². The minimum Gasteiger partial charge on any atom is -0.306 e. The van der Waals surface area contributed by atoms with Gasteiger partial charge in [0, 0.05) is 18.3 Å². The van der Waals surface area contributed by atoms with Gasteiger partial charge in [0.25, 0.3) is 0 Å². The van der Waals surface area contributed by atoms with Crippen molar-refractivity contribution in [2.45, 2.75) is 13.3 Å². The van der Waals surface area contributed by atoms with Gasteiger partial charge in [-0.15, -0.1) is 0 Å². The Kier molecular flexibility index (Phi) is 2.63. The van der Waals surface area contributed by atoms with Crippen LogP contribution >= 0.6 is 0 Å². The number of imidazole rings is 1. The quantitative estimate of drug-likeness (QED) is 0.759. The highest BCUT2D eigenvalue weighted by atomic mass is 16.1. The zero-order chi connectivity index (χ0) is 10.7. The molecular weight excluding hydrogens is 188 g/mol. The molecule has 1 aromatic heterocycles. The van der Waals surface area contributed by atoms with E-state index in [0.29, 0.717) is 6.42 Å². The lowest BCUT2D eigenvalue weighted by molar-refractivity contribution is -0.116. The summed E-state index contributed by atoms with van der Waals surface area (Å²) < 4.78 is 1.91. The summed E-state index contributed by atoms with van der Waals surface area (Å²) in [6, 6.07) is 9.91. The fraction of sp³-hybridized carbons (Fsp3) is 0.167. The van der Waals surface area contributed by atoms with Gasteiger partial charge in [-0.1, -0.05) is 18.2 Å². The Morgan fingerprint density at radius 1 is 1.33 bits per heavy atom. The fourth-order valence-electron chi connectivity index (χ4n) is 1.45. The molecule has 2 rings (SSSR count). The molecule has 1 aromatic carbocycles. The predicted molar refractivity (Wildman–Crippen MR) is 57.9 cm³/mol. The molecule has 0 fully saturated rings. The van der Waals surface area contributed by atoms with Gasteiger partial charge in [-0.05, 0) is 19.1 Å². The number of ketones is 1. The van der Waals surface area contributed by atoms with E-state index in [0.717, 1.165) is 11.4 Å². The van der Waals surface area contributed by atoms with E-state index in [-0.39, 0.29) is 5.78 Å². The molecule has 0 spiro atoms. The van der Waals surface area contributed by atoms with Crippen LogP contribution in [0.3, 0.4) is 0 Å². The maximum Gasteiger partial charge on any atom is 0.135 e. The summed E-state index contributed by atoms with van der Waals surface area (Å²) in [5.41, 5.74) is 1.87. The Balaban J connectivity index is 2.24. The van der Waals surface area contributed by atoms with Crippen LogP contribution in [0.4, 0.5) is 0 Å². The van der Waals surface area contributed by atoms with Crippen LogP contribution in [0, 0.1) is 0 Å². The molecule has 0 saturated heterocycles. The lowest BCUT2D eigenvalue weighted by atomic mass is 10.2. The zero-order valence-corrected chi connectivity index (χ0v) is 8.55. The van der Waals surface area contributed by atoms with Gasteiger partial charge in [0.15, 0.2) is 0 Å². The molecule has 0 saturated carbocycles. The second-order valence-corrected chi connectivity index (χ2v) is 3.49. The Labute approximate surface area is 88.4 Å². The predicted octanol–water partition coefficient (Wildman–Crippen LogP) is 2.00. The molecule has 76 valence electrons. The van der Waals surface area contributed by atoms with Crippen LogP contribution in [0.1, 0.15) is 12.6 Å². The van der Waals surface area contributed by atoms with Crippen LogP contribution < -0.4 is 0 Å². The molecule has 0 bridgehead atoms. The van der Waals surface area contributed by atoms with Gasteiger partial charge in [-0.3, -0.25) is 4.79 Å². The summed E-state index contributed by atoms with van der Waals surface area (Å²) in [6.45, 7) is 1.57. The minimum absolute atomic E-state index is 0.133. The largest absolute Gasteiger partial charge is 0.306 e. The SMILES string of the molecule is CC(=O)Cc1cn(-c2ccccc2)cn1. The number of benzene rings is 1. The minimum atomic E-state index is 0.133. The Morgan fingerprint density at radius 3 is 2.73 bits per heavy atom. The number of hydrogen-bond donors (Lipinski definition) is 0. The van der Waals surface area contributed by atoms with Crippen molar-refractivity contribution in [1.82, 2.24) is 9.55 Å². The maximum absolute atomic E-state index is 10.9. The highest BCUT2D eigenvalue weighted by molar-refractivity contribution is 5.77. The van der Waals surface area contributed by atoms with Crippen LogP contribution in [0.5, 0.6) is 0 Å². The van der Waals surface area contributed by atoms with E-state index < -0.39 is 0 Å². The second kappa shape index (κ2) is 4.09. The summed E-state index contributed by atoms with van der Waals surface area (Å²) in [7, 11) is 0. The average molecular weight is 200 g/mol. The van der Waals surface area contributed by atoms with E-state index in [2.05, 4.69) is 4.98 Å². The molecule has 1 heterocycles. The van der Waals surface area contributed by atoms with Crippen molar-refractivity contribution >= 4 is 5.78 Å². The molecule has 0 aliphatic heterocycles. The van der Waals surface area contributed by atoms with Crippen molar-refractivity contribution in [1.29, 1.82) is 0 Å². The maximum atomic E-state index is 10.9. The number of nitrogens with zero attached hydrogens (tertiary/aromatic N) is 2. The number of para-hydroxylation sites is 1. The Hall–Kier alpha value is -1.90. The standard InChI is InChI=1S/C12H12N2O/c1-10(15)7-11-8-14(9-13-11)12-5-3-2-4-6-12/h2-6,8-9H,7H2,1H3. The van der Waals surface area contributed by atoms with Gasteiger partial charge in [-0.25, -0.2) is 4.98 Å². The lowest BCUT2D eigenvalue weighted by Gasteiger charge is -1.99. The van der Waals surface area contributed by atoms with Crippen LogP contribution in [0.15, 0.2) is 42.9 Å². The molecule has 0 aliphatic carbocycles. The zero-order valence-electron chi connectivity index (χ0n) is 8.55. The van der Waals surface area contributed by atoms with Crippen LogP contribution in [-0.4, -0.2) is 15.3 Å². The third-order valence-electron chi connectivity index (χ3n) is 2.12. The molecule has 2 aromatic rings. The summed E-state index contributed by atoms with van der Waals surface area (Å²) in [5.74, 6) is 0.133. The first-order valence-electron chi connectivity index (χ1n) is 4.83. The smallest absolute Gasteiger partial charge is 0.135 e. The second-order valence-electron chi connectivity index (χ2n) is 3.49. The average Bonchev–Trinajstić information content (AvgIpc) is 2.67. The number of aromatic nitrogens is 2. The Morgan fingerprint density at radius 2 is 2.07 bits per heavy atom. The highest BCUT2D eigenvalue weighted by Crippen LogP contribution is 2.08. The van der Waals surface area contributed by atoms with E-state index >= 15 is 0 Å². The van der Waals surface area contributed by atoms with E-state index in [4.69, 9.17) is 0 Å². The highest BCUT2D eigenvalue weighted by Gasteiger charge is 2.02. The van der Waals surface area contributed by atoms with Gasteiger partial charge in [0.1, 0.15) is 5.78 Å². The van der Waals surface area contributed by atoms with Crippen molar-refractivity contribution in [3.05, 3.63) is 48.5 Å². The fourth-order valence-corrected chi connectivity index (χ4v) is 1.45. The molecule has 0 atom stereocenters. The first-order chi connectivity index (χ1) is 7.25. The molecule has 0 aliphatic rings. The van der Waals surface area contributed by atoms with Crippen molar-refractivity contribution in [3.63, 3.8) is 0 Å². The topological polar surface area (TPSA) is 34.9 Å². The molecule has 3 heteroatoms. The van der Waals surface area contributed by atoms with Crippen LogP contribution in [0.2, 0.25) is 0 Å². The summed E-state index contributed by atoms with van der Waals surface area (Å²) >= 11 is 0. The Bertz CT molecular complexity index is 459. The summed E-state index contributed by atoms with van der Waals surface area (Å²) in [6.07, 6.45) is 4.02. The molecule has 0 radical (unpaired) electrons. The van der Waals surface area contributed by atoms with Crippen molar-refractivity contribution < 1.29 is 4.79 Å². The number of hydrogen-bond acceptors (Lipinski definition) is 2. The van der Waals surface area contributed by atoms with Gasteiger partial charge < -0.3 is 4.57 Å². The van der Waals surface area contributed by atoms with E-state index in [1.165, 1.54) is 0 Å². The van der Waals surface area contributed by atoms with Crippen LogP contribution in [-0.2, 0) is 11.2 Å². The third kappa shape index (κ3) is 2.31. The summed E-state index contributed by atoms with van der Waals surface area (Å²) in [4.78, 5) is 15.1. The molecule has 0 N–H and O–H groups in total. The molecular formula is C12H12N2O. The van der Waals surface area contributed by atoms with Crippen molar-refractivity contribution in [2.75, 3.05) is 0 Å². The van der Waals surface area contributed by atoms with Crippen molar-refractivity contribution in [2.24, 2.45) is 0 Å². The number of carbonyl (C=O) groups is 1. The van der Waals surface area contributed by atoms with E-state index in [9.17, 15) is 4.79 Å². The molecule has 3 nitrogen and oxygen atoms in total. The first kappa shape index (κ1) is 9.65. The monoisotopic (exact) mass is 200 g/mol. The molecule has 15 heavy (non-hydrogen) atoms. The van der Waals surface area contributed by atoms with E-state index in [1.807, 2.05) is 41.1 Å².